The predicted octanol–water partition coefficient (Wildman–Crippen LogP) is 7.90. The van der Waals surface area contributed by atoms with Crippen molar-refractivity contribution in [2.45, 2.75) is 44.6 Å². The summed E-state index contributed by atoms with van der Waals surface area (Å²) in [5.74, 6) is 0. The van der Waals surface area contributed by atoms with Crippen LogP contribution in [0.5, 0.6) is 0 Å². The molecule has 6 rings (SSSR count). The van der Waals surface area contributed by atoms with Crippen LogP contribution in [0.25, 0.3) is 0 Å². The maximum atomic E-state index is 7.03. The van der Waals surface area contributed by atoms with Gasteiger partial charge in [0.25, 0.3) is 0 Å². The first-order chi connectivity index (χ1) is 15.3. The molecular weight excluding hydrogens is 416 g/mol. The topological polar surface area (TPSA) is 9.23 Å². The average molecular weight is 439 g/mol. The smallest absolute Gasteiger partial charge is 0.0885 e. The lowest BCUT2D eigenvalue weighted by Gasteiger charge is -2.26. The van der Waals surface area contributed by atoms with Crippen LogP contribution in [0, 0.1) is 0 Å². The molecule has 0 unspecified atom stereocenters. The molecule has 0 amide bonds. The largest absolute Gasteiger partial charge is 0.365 e. The van der Waals surface area contributed by atoms with Gasteiger partial charge < -0.3 is 4.74 Å². The Balaban J connectivity index is 1.43. The third-order valence-electron chi connectivity index (χ3n) is 6.06. The molecule has 0 bridgehead atoms. The van der Waals surface area contributed by atoms with Crippen molar-refractivity contribution in [3.05, 3.63) is 119 Å². The minimum Gasteiger partial charge on any atom is -0.365 e. The Kier molecular flexibility index (Phi) is 5.11. The second-order valence-electron chi connectivity index (χ2n) is 8.02. The Bertz CT molecular complexity index is 1150. The Labute approximate surface area is 191 Å². The van der Waals surface area contributed by atoms with Crippen molar-refractivity contribution in [3.63, 3.8) is 0 Å². The van der Waals surface area contributed by atoms with Gasteiger partial charge in [-0.15, -0.1) is 0 Å². The minimum absolute atomic E-state index is 0.0284. The molecule has 0 spiro atoms. The van der Waals surface area contributed by atoms with Gasteiger partial charge in [0, 0.05) is 32.4 Å². The van der Waals surface area contributed by atoms with E-state index in [1.807, 2.05) is 23.5 Å². The molecule has 0 aliphatic carbocycles. The van der Waals surface area contributed by atoms with E-state index in [9.17, 15) is 0 Å². The van der Waals surface area contributed by atoms with Gasteiger partial charge in [-0.05, 0) is 46.5 Å². The van der Waals surface area contributed by atoms with Gasteiger partial charge in [-0.3, -0.25) is 0 Å². The van der Waals surface area contributed by atoms with Gasteiger partial charge in [-0.2, -0.15) is 0 Å². The lowest BCUT2D eigenvalue weighted by Crippen LogP contribution is -2.15. The highest BCUT2D eigenvalue weighted by atomic mass is 32.2. The van der Waals surface area contributed by atoms with Crippen LogP contribution < -0.4 is 0 Å². The molecular formula is C28H22OS2. The number of ether oxygens (including phenoxy) is 1. The van der Waals surface area contributed by atoms with Crippen LogP contribution in [0.1, 0.15) is 34.5 Å². The second-order valence-corrected chi connectivity index (χ2v) is 10.2. The van der Waals surface area contributed by atoms with Crippen LogP contribution >= 0.6 is 23.5 Å². The number of rotatable bonds is 2. The molecule has 3 heteroatoms. The van der Waals surface area contributed by atoms with E-state index in [-0.39, 0.29) is 12.2 Å². The molecule has 4 aromatic rings. The zero-order valence-corrected chi connectivity index (χ0v) is 18.7. The van der Waals surface area contributed by atoms with Gasteiger partial charge in [0.05, 0.1) is 12.2 Å². The Morgan fingerprint density at radius 1 is 0.484 bits per heavy atom. The van der Waals surface area contributed by atoms with Gasteiger partial charge in [0.2, 0.25) is 0 Å². The first kappa shape index (κ1) is 19.2. The van der Waals surface area contributed by atoms with Crippen molar-refractivity contribution in [2.75, 3.05) is 0 Å². The molecule has 2 heterocycles. The summed E-state index contributed by atoms with van der Waals surface area (Å²) in [5, 5.41) is 0. The van der Waals surface area contributed by atoms with E-state index in [0.717, 1.165) is 12.8 Å². The minimum atomic E-state index is 0.0284. The van der Waals surface area contributed by atoms with E-state index < -0.39 is 0 Å². The van der Waals surface area contributed by atoms with Gasteiger partial charge >= 0.3 is 0 Å². The molecule has 0 aromatic heterocycles. The number of benzene rings is 4. The van der Waals surface area contributed by atoms with Gasteiger partial charge in [0.1, 0.15) is 0 Å². The monoisotopic (exact) mass is 438 g/mol. The van der Waals surface area contributed by atoms with E-state index in [1.54, 1.807) is 0 Å². The molecule has 0 saturated carbocycles. The highest BCUT2D eigenvalue weighted by Crippen LogP contribution is 2.47. The summed E-state index contributed by atoms with van der Waals surface area (Å²) < 4.78 is 7.03. The molecule has 152 valence electrons. The standard InChI is InChI=1S/C28H22OS2/c1-5-13-25-19(9-1)17-23(21-11-3-7-15-27(21)30-25)29-24-18-20-10-2-6-14-26(20)31-28-16-8-4-12-22(24)28/h1-16,23-24H,17-18H2/t23-,24+. The van der Waals surface area contributed by atoms with E-state index in [4.69, 9.17) is 4.74 Å². The zero-order chi connectivity index (χ0) is 20.6. The SMILES string of the molecule is c1ccc2c(c1)C[C@H](O[C@@H]1Cc3ccccc3Sc3ccccc31)c1ccccc1S2. The van der Waals surface area contributed by atoms with Crippen LogP contribution in [-0.4, -0.2) is 0 Å². The summed E-state index contributed by atoms with van der Waals surface area (Å²) in [6.07, 6.45) is 1.85. The Morgan fingerprint density at radius 2 is 0.871 bits per heavy atom. The second kappa shape index (κ2) is 8.23. The Morgan fingerprint density at radius 3 is 1.35 bits per heavy atom. The summed E-state index contributed by atoms with van der Waals surface area (Å²) in [7, 11) is 0. The van der Waals surface area contributed by atoms with Crippen molar-refractivity contribution >= 4 is 23.5 Å². The zero-order valence-electron chi connectivity index (χ0n) is 17.0. The van der Waals surface area contributed by atoms with Crippen LogP contribution in [-0.2, 0) is 17.6 Å². The van der Waals surface area contributed by atoms with Crippen LogP contribution in [0.15, 0.2) is 117 Å². The summed E-state index contributed by atoms with van der Waals surface area (Å²) >= 11 is 3.73. The number of hydrogen-bond acceptors (Lipinski definition) is 3. The Hall–Kier alpha value is -2.46. The van der Waals surface area contributed by atoms with Gasteiger partial charge in [-0.25, -0.2) is 0 Å². The van der Waals surface area contributed by atoms with Crippen molar-refractivity contribution in [1.82, 2.24) is 0 Å². The van der Waals surface area contributed by atoms with Crippen LogP contribution in [0.4, 0.5) is 0 Å². The highest BCUT2D eigenvalue weighted by molar-refractivity contribution is 7.99. The maximum Gasteiger partial charge on any atom is 0.0885 e. The maximum absolute atomic E-state index is 7.03. The van der Waals surface area contributed by atoms with Crippen LogP contribution in [0.2, 0.25) is 0 Å². The van der Waals surface area contributed by atoms with Crippen molar-refractivity contribution in [3.8, 4) is 0 Å². The van der Waals surface area contributed by atoms with E-state index in [2.05, 4.69) is 97.1 Å². The fourth-order valence-electron chi connectivity index (χ4n) is 4.52. The molecule has 2 aliphatic heterocycles. The molecule has 2 aliphatic rings. The summed E-state index contributed by atoms with van der Waals surface area (Å²) in [5.41, 5.74) is 5.33. The van der Waals surface area contributed by atoms with Crippen LogP contribution in [0.3, 0.4) is 0 Å². The quantitative estimate of drug-likeness (QED) is 0.315. The summed E-state index contributed by atoms with van der Waals surface area (Å²) in [4.78, 5) is 5.27. The lowest BCUT2D eigenvalue weighted by molar-refractivity contribution is -0.0175. The van der Waals surface area contributed by atoms with Gasteiger partial charge in [0.15, 0.2) is 0 Å². The summed E-state index contributed by atoms with van der Waals surface area (Å²) in [6.45, 7) is 0. The van der Waals surface area contributed by atoms with Crippen molar-refractivity contribution in [1.29, 1.82) is 0 Å². The van der Waals surface area contributed by atoms with E-state index in [1.165, 1.54) is 41.8 Å². The van der Waals surface area contributed by atoms with Crippen molar-refractivity contribution < 1.29 is 4.74 Å². The molecule has 31 heavy (non-hydrogen) atoms. The predicted molar refractivity (Wildman–Crippen MR) is 128 cm³/mol. The molecule has 2 atom stereocenters. The lowest BCUT2D eigenvalue weighted by atomic mass is 9.98. The molecule has 0 radical (unpaired) electrons. The third kappa shape index (κ3) is 3.71. The fraction of sp³-hybridized carbons (Fsp3) is 0.143. The summed E-state index contributed by atoms with van der Waals surface area (Å²) in [6, 6.07) is 35.0. The van der Waals surface area contributed by atoms with Gasteiger partial charge in [-0.1, -0.05) is 96.3 Å². The first-order valence-corrected chi connectivity index (χ1v) is 12.3. The van der Waals surface area contributed by atoms with E-state index in [0.29, 0.717) is 0 Å². The molecule has 0 fully saturated rings. The highest BCUT2D eigenvalue weighted by Gasteiger charge is 2.29. The molecule has 1 nitrogen and oxygen atoms in total. The van der Waals surface area contributed by atoms with E-state index >= 15 is 0 Å². The average Bonchev–Trinajstić information content (AvgIpc) is 3.07. The molecule has 0 N–H and O–H groups in total. The molecule has 0 saturated heterocycles. The number of hydrogen-bond donors (Lipinski definition) is 0. The van der Waals surface area contributed by atoms with Crippen molar-refractivity contribution in [2.24, 2.45) is 0 Å². The third-order valence-corrected chi connectivity index (χ3v) is 8.48. The normalized spacial score (nSPS) is 19.2. The number of fused-ring (bicyclic) bond motifs is 4. The first-order valence-electron chi connectivity index (χ1n) is 10.7. The molecule has 4 aromatic carbocycles. The fourth-order valence-corrected chi connectivity index (χ4v) is 6.78.